The lowest BCUT2D eigenvalue weighted by Gasteiger charge is -2.21. The molecule has 0 saturated heterocycles. The Kier molecular flexibility index (Phi) is 6.19. The molecule has 0 radical (unpaired) electrons. The van der Waals surface area contributed by atoms with E-state index in [1.54, 1.807) is 61.5 Å². The van der Waals surface area contributed by atoms with Crippen molar-refractivity contribution in [1.29, 1.82) is 0 Å². The second kappa shape index (κ2) is 8.52. The number of hydrogen-bond donors (Lipinski definition) is 1. The summed E-state index contributed by atoms with van der Waals surface area (Å²) in [6.07, 6.45) is 3.01. The molecule has 1 N–H and O–H groups in total. The Labute approximate surface area is 182 Å². The molecule has 2 amide bonds. The first kappa shape index (κ1) is 22.5. The van der Waals surface area contributed by atoms with Gasteiger partial charge in [0.05, 0.1) is 17.9 Å². The quantitative estimate of drug-likeness (QED) is 0.752. The van der Waals surface area contributed by atoms with Crippen molar-refractivity contribution in [2.75, 3.05) is 30.9 Å². The predicted octanol–water partition coefficient (Wildman–Crippen LogP) is 2.69. The summed E-state index contributed by atoms with van der Waals surface area (Å²) in [5, 5.41) is 7.32. The number of ether oxygens (including phenoxy) is 1. The molecule has 2 aromatic heterocycles. The molecule has 10 heteroatoms. The minimum absolute atomic E-state index is 0.112. The summed E-state index contributed by atoms with van der Waals surface area (Å²) in [4.78, 5) is 37.0. The fourth-order valence-corrected chi connectivity index (χ4v) is 2.93. The number of amides is 2. The van der Waals surface area contributed by atoms with E-state index in [1.165, 1.54) is 0 Å². The molecule has 1 saturated carbocycles. The van der Waals surface area contributed by atoms with Gasteiger partial charge in [-0.25, -0.2) is 9.78 Å². The van der Waals surface area contributed by atoms with Gasteiger partial charge in [-0.15, -0.1) is 5.10 Å². The highest BCUT2D eigenvalue weighted by atomic mass is 16.6. The first-order valence-corrected chi connectivity index (χ1v) is 10.3. The molecule has 1 fully saturated rings. The molecule has 168 valence electrons. The first-order valence-electron chi connectivity index (χ1n) is 10.3. The number of anilines is 2. The van der Waals surface area contributed by atoms with Gasteiger partial charge >= 0.3 is 6.09 Å². The first-order chi connectivity index (χ1) is 14.5. The van der Waals surface area contributed by atoms with Crippen LogP contribution in [0.1, 0.15) is 52.4 Å². The van der Waals surface area contributed by atoms with E-state index in [-0.39, 0.29) is 11.8 Å². The lowest BCUT2D eigenvalue weighted by molar-refractivity contribution is -0.119. The number of aromatic nitrogens is 4. The summed E-state index contributed by atoms with van der Waals surface area (Å²) >= 11 is 0. The Morgan fingerprint density at radius 3 is 2.42 bits per heavy atom. The fraction of sp³-hybridized carbons (Fsp3) is 0.571. The largest absolute Gasteiger partial charge is 0.444 e. The van der Waals surface area contributed by atoms with Gasteiger partial charge in [-0.1, -0.05) is 0 Å². The van der Waals surface area contributed by atoms with Gasteiger partial charge in [-0.3, -0.25) is 4.79 Å². The Balaban J connectivity index is 1.84. The SMILES string of the molecule is C[C@H](NC(=O)OC(C)(C)C)c1nc(N(C)C)nn1-c1ccc(N(C)C(=O)C2CC2)cn1. The maximum absolute atomic E-state index is 12.3. The number of nitrogens with one attached hydrogen (secondary N) is 1. The number of alkyl carbamates (subject to hydrolysis) is 1. The lowest BCUT2D eigenvalue weighted by Crippen LogP contribution is -2.35. The third-order valence-corrected chi connectivity index (χ3v) is 4.74. The molecule has 0 unspecified atom stereocenters. The molecule has 2 aromatic rings. The Morgan fingerprint density at radius 1 is 1.23 bits per heavy atom. The molecular formula is C21H31N7O3. The summed E-state index contributed by atoms with van der Waals surface area (Å²) in [7, 11) is 5.43. The molecule has 31 heavy (non-hydrogen) atoms. The van der Waals surface area contributed by atoms with Gasteiger partial charge in [-0.2, -0.15) is 9.67 Å². The van der Waals surface area contributed by atoms with Gasteiger partial charge in [0.1, 0.15) is 5.60 Å². The van der Waals surface area contributed by atoms with E-state index in [0.29, 0.717) is 17.6 Å². The van der Waals surface area contributed by atoms with Crippen LogP contribution in [-0.2, 0) is 9.53 Å². The summed E-state index contributed by atoms with van der Waals surface area (Å²) in [5.41, 5.74) is 0.114. The zero-order valence-electron chi connectivity index (χ0n) is 19.2. The van der Waals surface area contributed by atoms with Crippen molar-refractivity contribution < 1.29 is 14.3 Å². The van der Waals surface area contributed by atoms with Crippen LogP contribution in [0.4, 0.5) is 16.4 Å². The lowest BCUT2D eigenvalue weighted by atomic mass is 10.2. The predicted molar refractivity (Wildman–Crippen MR) is 117 cm³/mol. The van der Waals surface area contributed by atoms with Crippen molar-refractivity contribution in [2.24, 2.45) is 5.92 Å². The van der Waals surface area contributed by atoms with Crippen LogP contribution in [0.2, 0.25) is 0 Å². The fourth-order valence-electron chi connectivity index (χ4n) is 2.93. The van der Waals surface area contributed by atoms with Crippen LogP contribution in [0.3, 0.4) is 0 Å². The third-order valence-electron chi connectivity index (χ3n) is 4.74. The molecule has 0 bridgehead atoms. The van der Waals surface area contributed by atoms with E-state index < -0.39 is 17.7 Å². The Bertz CT molecular complexity index is 943. The average Bonchev–Trinajstić information content (AvgIpc) is 3.42. The van der Waals surface area contributed by atoms with Crippen molar-refractivity contribution in [1.82, 2.24) is 25.1 Å². The van der Waals surface area contributed by atoms with E-state index in [1.807, 2.05) is 20.2 Å². The molecule has 1 aliphatic carbocycles. The highest BCUT2D eigenvalue weighted by molar-refractivity contribution is 5.95. The summed E-state index contributed by atoms with van der Waals surface area (Å²) in [6.45, 7) is 7.22. The molecule has 1 atom stereocenters. The van der Waals surface area contributed by atoms with E-state index in [9.17, 15) is 9.59 Å². The van der Waals surface area contributed by atoms with Crippen LogP contribution < -0.4 is 15.1 Å². The van der Waals surface area contributed by atoms with Gasteiger partial charge in [0.2, 0.25) is 11.9 Å². The van der Waals surface area contributed by atoms with Crippen LogP contribution >= 0.6 is 0 Å². The molecule has 3 rings (SSSR count). The third kappa shape index (κ3) is 5.50. The van der Waals surface area contributed by atoms with Gasteiger partial charge in [-0.05, 0) is 52.7 Å². The summed E-state index contributed by atoms with van der Waals surface area (Å²) in [6, 6.07) is 3.13. The minimum atomic E-state index is -0.604. The highest BCUT2D eigenvalue weighted by Gasteiger charge is 2.32. The monoisotopic (exact) mass is 429 g/mol. The topological polar surface area (TPSA) is 105 Å². The standard InChI is InChI=1S/C21H31N7O3/c1-13(23-20(30)31-21(2,3)4)17-24-19(26(5)6)25-28(17)16-11-10-15(12-22-16)27(7)18(29)14-8-9-14/h10-14H,8-9H2,1-7H3,(H,23,30)/t13-/m0/s1. The van der Waals surface area contributed by atoms with Crippen LogP contribution in [0.5, 0.6) is 0 Å². The second-order valence-corrected chi connectivity index (χ2v) is 8.99. The van der Waals surface area contributed by atoms with Crippen molar-refractivity contribution >= 4 is 23.6 Å². The van der Waals surface area contributed by atoms with Gasteiger partial charge in [0.25, 0.3) is 0 Å². The normalized spacial score (nSPS) is 14.7. The maximum atomic E-state index is 12.3. The van der Waals surface area contributed by atoms with E-state index in [4.69, 9.17) is 4.74 Å². The number of pyridine rings is 1. The zero-order valence-corrected chi connectivity index (χ0v) is 19.2. The van der Waals surface area contributed by atoms with Crippen LogP contribution in [0.25, 0.3) is 5.82 Å². The van der Waals surface area contributed by atoms with E-state index in [0.717, 1.165) is 18.5 Å². The molecule has 0 spiro atoms. The minimum Gasteiger partial charge on any atom is -0.444 e. The van der Waals surface area contributed by atoms with Crippen molar-refractivity contribution in [3.8, 4) is 5.82 Å². The molecule has 0 aromatic carbocycles. The molecule has 1 aliphatic rings. The maximum Gasteiger partial charge on any atom is 0.408 e. The van der Waals surface area contributed by atoms with Crippen LogP contribution in [-0.4, -0.2) is 58.5 Å². The van der Waals surface area contributed by atoms with Gasteiger partial charge < -0.3 is 19.9 Å². The Hall–Kier alpha value is -3.17. The zero-order chi connectivity index (χ0) is 22.9. The molecule has 2 heterocycles. The Morgan fingerprint density at radius 2 is 1.90 bits per heavy atom. The van der Waals surface area contributed by atoms with Crippen molar-refractivity contribution in [3.05, 3.63) is 24.2 Å². The van der Waals surface area contributed by atoms with Crippen LogP contribution in [0, 0.1) is 5.92 Å². The summed E-state index contributed by atoms with van der Waals surface area (Å²) < 4.78 is 6.93. The number of carbonyl (C=O) groups is 2. The van der Waals surface area contributed by atoms with Crippen molar-refractivity contribution in [2.45, 2.75) is 52.2 Å². The van der Waals surface area contributed by atoms with Crippen molar-refractivity contribution in [3.63, 3.8) is 0 Å². The highest BCUT2D eigenvalue weighted by Crippen LogP contribution is 2.32. The number of hydrogen-bond acceptors (Lipinski definition) is 7. The smallest absolute Gasteiger partial charge is 0.408 e. The number of carbonyl (C=O) groups excluding carboxylic acids is 2. The van der Waals surface area contributed by atoms with Gasteiger partial charge in [0.15, 0.2) is 11.6 Å². The molecule has 10 nitrogen and oxygen atoms in total. The van der Waals surface area contributed by atoms with Gasteiger partial charge in [0, 0.05) is 27.1 Å². The summed E-state index contributed by atoms with van der Waals surface area (Å²) in [5.74, 6) is 1.77. The second-order valence-electron chi connectivity index (χ2n) is 8.99. The average molecular weight is 430 g/mol. The molecule has 0 aliphatic heterocycles. The van der Waals surface area contributed by atoms with E-state index >= 15 is 0 Å². The number of rotatable bonds is 6. The number of nitrogens with zero attached hydrogens (tertiary/aromatic N) is 6. The van der Waals surface area contributed by atoms with E-state index in [2.05, 4.69) is 20.4 Å². The van der Waals surface area contributed by atoms with Crippen LogP contribution in [0.15, 0.2) is 18.3 Å². The molecular weight excluding hydrogens is 398 g/mol.